The fourth-order valence-corrected chi connectivity index (χ4v) is 5.16. The summed E-state index contributed by atoms with van der Waals surface area (Å²) in [5.74, 6) is -0.915. The number of nitrogens with one attached hydrogen (secondary N) is 2. The number of methoxy groups -OCH3 is 2. The third kappa shape index (κ3) is 6.60. The molecular weight excluding hydrogens is 611 g/mol. The molecule has 5 aromatic rings. The number of H-pyrrole nitrogens is 1. The summed E-state index contributed by atoms with van der Waals surface area (Å²) >= 11 is 11.8. The van der Waals surface area contributed by atoms with Gasteiger partial charge in [-0.2, -0.15) is 0 Å². The first-order valence-electron chi connectivity index (χ1n) is 11.7. The van der Waals surface area contributed by atoms with Crippen molar-refractivity contribution in [3.05, 3.63) is 98.6 Å². The number of carboxylic acid groups (broad SMARTS) is 1. The van der Waals surface area contributed by atoms with E-state index in [2.05, 4.69) is 15.0 Å². The number of carboxylic acids is 1. The van der Waals surface area contributed by atoms with Crippen LogP contribution in [0.3, 0.4) is 0 Å². The molecule has 220 valence electrons. The van der Waals surface area contributed by atoms with E-state index in [1.54, 1.807) is 43.5 Å². The molecule has 0 aliphatic carbocycles. The van der Waals surface area contributed by atoms with Crippen LogP contribution in [-0.2, 0) is 10.0 Å². The molecule has 5 rings (SSSR count). The predicted molar refractivity (Wildman–Crippen MR) is 160 cm³/mol. The van der Waals surface area contributed by atoms with E-state index in [-0.39, 0.29) is 24.3 Å². The van der Waals surface area contributed by atoms with Crippen molar-refractivity contribution < 1.29 is 35.4 Å². The van der Waals surface area contributed by atoms with Gasteiger partial charge in [0.25, 0.3) is 21.5 Å². The second kappa shape index (κ2) is 12.4. The SMILES string of the molecule is COc1ccc2nc(Cl)c(C(=O)NS(=O)(=O)c3ccc[nH]c3=O)cc2c1.COc1ccc2nc(Cl)c(C(=O)O)cc2c1.[HH].[HH]. The molecule has 15 heteroatoms. The third-order valence-corrected chi connectivity index (χ3v) is 7.66. The summed E-state index contributed by atoms with van der Waals surface area (Å²) in [4.78, 5) is 44.7. The lowest BCUT2D eigenvalue weighted by molar-refractivity contribution is 0.0696. The van der Waals surface area contributed by atoms with Crippen LogP contribution in [-0.4, -0.2) is 54.6 Å². The molecule has 0 saturated heterocycles. The molecule has 0 bridgehead atoms. The van der Waals surface area contributed by atoms with Gasteiger partial charge < -0.3 is 19.6 Å². The Hall–Kier alpha value is -4.72. The maximum Gasteiger partial charge on any atom is 0.338 e. The van der Waals surface area contributed by atoms with Crippen molar-refractivity contribution in [3.63, 3.8) is 0 Å². The second-order valence-electron chi connectivity index (χ2n) is 8.37. The molecule has 3 heterocycles. The van der Waals surface area contributed by atoms with Crippen LogP contribution in [0.25, 0.3) is 21.8 Å². The van der Waals surface area contributed by atoms with E-state index in [0.717, 1.165) is 6.07 Å². The monoisotopic (exact) mass is 634 g/mol. The van der Waals surface area contributed by atoms with Crippen LogP contribution in [0.1, 0.15) is 23.6 Å². The van der Waals surface area contributed by atoms with Crippen molar-refractivity contribution in [3.8, 4) is 11.5 Å². The summed E-state index contributed by atoms with van der Waals surface area (Å²) in [5.41, 5.74) is 0.136. The van der Waals surface area contributed by atoms with Crippen molar-refractivity contribution >= 4 is 66.9 Å². The maximum atomic E-state index is 12.4. The number of amides is 1. The number of hydrogen-bond acceptors (Lipinski definition) is 9. The molecule has 0 unspecified atom stereocenters. The molecule has 0 fully saturated rings. The van der Waals surface area contributed by atoms with Gasteiger partial charge in [0.1, 0.15) is 21.8 Å². The number of aromatic nitrogens is 3. The number of benzene rings is 2. The molecule has 0 aliphatic heterocycles. The summed E-state index contributed by atoms with van der Waals surface area (Å²) < 4.78 is 36.5. The maximum absolute atomic E-state index is 12.4. The van der Waals surface area contributed by atoms with Gasteiger partial charge in [-0.1, -0.05) is 23.2 Å². The first-order valence-corrected chi connectivity index (χ1v) is 13.9. The van der Waals surface area contributed by atoms with Gasteiger partial charge in [0, 0.05) is 19.8 Å². The lowest BCUT2D eigenvalue weighted by Crippen LogP contribution is -2.34. The van der Waals surface area contributed by atoms with Crippen LogP contribution in [0.15, 0.2) is 76.6 Å². The van der Waals surface area contributed by atoms with Crippen LogP contribution < -0.4 is 19.8 Å². The minimum atomic E-state index is -4.38. The highest BCUT2D eigenvalue weighted by molar-refractivity contribution is 7.90. The Morgan fingerprint density at radius 2 is 1.40 bits per heavy atom. The largest absolute Gasteiger partial charge is 0.497 e. The summed E-state index contributed by atoms with van der Waals surface area (Å²) in [5, 5.41) is 9.94. The molecule has 0 radical (unpaired) electrons. The van der Waals surface area contributed by atoms with Crippen molar-refractivity contribution in [2.75, 3.05) is 14.2 Å². The number of fused-ring (bicyclic) bond motifs is 2. The van der Waals surface area contributed by atoms with E-state index < -0.39 is 32.4 Å². The number of aromatic carboxylic acids is 1. The van der Waals surface area contributed by atoms with Crippen molar-refractivity contribution in [1.82, 2.24) is 19.7 Å². The number of carbonyl (C=O) groups excluding carboxylic acids is 1. The topological polar surface area (TPSA) is 178 Å². The van der Waals surface area contributed by atoms with Crippen LogP contribution in [0, 0.1) is 0 Å². The zero-order valence-electron chi connectivity index (χ0n) is 21.7. The molecule has 1 amide bonds. The predicted octanol–water partition coefficient (Wildman–Crippen LogP) is 4.79. The zero-order valence-corrected chi connectivity index (χ0v) is 24.0. The molecular formula is C27H24Cl2N4O8S. The molecule has 3 aromatic heterocycles. The Morgan fingerprint density at radius 3 is 1.90 bits per heavy atom. The highest BCUT2D eigenvalue weighted by Crippen LogP contribution is 2.25. The van der Waals surface area contributed by atoms with Gasteiger partial charge in [-0.3, -0.25) is 9.59 Å². The van der Waals surface area contributed by atoms with Crippen molar-refractivity contribution in [2.24, 2.45) is 0 Å². The fraction of sp³-hybridized carbons (Fsp3) is 0.0741. The molecule has 2 aromatic carbocycles. The molecule has 0 atom stereocenters. The lowest BCUT2D eigenvalue weighted by atomic mass is 10.1. The van der Waals surface area contributed by atoms with Gasteiger partial charge in [-0.25, -0.2) is 27.9 Å². The Morgan fingerprint density at radius 1 is 0.881 bits per heavy atom. The molecule has 3 N–H and O–H groups in total. The van der Waals surface area contributed by atoms with Crippen LogP contribution >= 0.6 is 23.2 Å². The van der Waals surface area contributed by atoms with E-state index in [0.29, 0.717) is 33.3 Å². The van der Waals surface area contributed by atoms with Gasteiger partial charge in [0.15, 0.2) is 4.90 Å². The van der Waals surface area contributed by atoms with Crippen LogP contribution in [0.2, 0.25) is 10.3 Å². The van der Waals surface area contributed by atoms with Gasteiger partial charge in [0.05, 0.1) is 36.4 Å². The number of sulfonamides is 1. The number of carbonyl (C=O) groups is 2. The lowest BCUT2D eigenvalue weighted by Gasteiger charge is -2.09. The van der Waals surface area contributed by atoms with Crippen LogP contribution in [0.5, 0.6) is 11.5 Å². The molecule has 0 saturated carbocycles. The molecule has 0 aliphatic rings. The molecule has 0 spiro atoms. The highest BCUT2D eigenvalue weighted by atomic mass is 35.5. The number of pyridine rings is 3. The quantitative estimate of drug-likeness (QED) is 0.220. The van der Waals surface area contributed by atoms with E-state index in [1.807, 2.05) is 4.72 Å². The summed E-state index contributed by atoms with van der Waals surface area (Å²) in [6, 6.07) is 15.4. The zero-order chi connectivity index (χ0) is 30.6. The number of ether oxygens (including phenoxy) is 2. The minimum absolute atomic E-state index is 0. The average molecular weight is 635 g/mol. The summed E-state index contributed by atoms with van der Waals surface area (Å²) in [6.07, 6.45) is 1.28. The first kappa shape index (κ1) is 30.2. The number of aromatic amines is 1. The van der Waals surface area contributed by atoms with Gasteiger partial charge in [0.2, 0.25) is 0 Å². The normalized spacial score (nSPS) is 11.0. The second-order valence-corrected chi connectivity index (χ2v) is 10.7. The molecule has 12 nitrogen and oxygen atoms in total. The molecule has 42 heavy (non-hydrogen) atoms. The summed E-state index contributed by atoms with van der Waals surface area (Å²) in [7, 11) is -1.34. The van der Waals surface area contributed by atoms with Gasteiger partial charge >= 0.3 is 5.97 Å². The third-order valence-electron chi connectivity index (χ3n) is 5.72. The Bertz CT molecular complexity index is 2030. The Kier molecular flexibility index (Phi) is 8.95. The number of rotatable bonds is 6. The first-order chi connectivity index (χ1) is 19.9. The van der Waals surface area contributed by atoms with Gasteiger partial charge in [-0.15, -0.1) is 0 Å². The average Bonchev–Trinajstić information content (AvgIpc) is 2.96. The van der Waals surface area contributed by atoms with E-state index in [4.69, 9.17) is 37.8 Å². The van der Waals surface area contributed by atoms with E-state index in [9.17, 15) is 22.8 Å². The summed E-state index contributed by atoms with van der Waals surface area (Å²) in [6.45, 7) is 0. The van der Waals surface area contributed by atoms with Crippen molar-refractivity contribution in [1.29, 1.82) is 0 Å². The minimum Gasteiger partial charge on any atom is -0.497 e. The van der Waals surface area contributed by atoms with Crippen molar-refractivity contribution in [2.45, 2.75) is 4.90 Å². The van der Waals surface area contributed by atoms with Gasteiger partial charge in [-0.05, 0) is 60.7 Å². The number of halogens is 2. The smallest absolute Gasteiger partial charge is 0.338 e. The fourth-order valence-electron chi connectivity index (χ4n) is 3.68. The van der Waals surface area contributed by atoms with Crippen LogP contribution in [0.4, 0.5) is 0 Å². The number of nitrogens with zero attached hydrogens (tertiary/aromatic N) is 2. The number of hydrogen-bond donors (Lipinski definition) is 3. The highest BCUT2D eigenvalue weighted by Gasteiger charge is 2.23. The Labute approximate surface area is 250 Å². The Balaban J connectivity index is 0.000000324. The standard InChI is InChI=1S/C16H12ClN3O5S.C11H8ClNO3.2H2/c1-25-10-4-5-12-9(7-10)8-11(14(17)19-12)15(21)20-26(23,24)13-3-2-6-18-16(13)22;1-16-7-2-3-9-6(4-7)5-8(11(14)15)10(12)13-9;;/h2-8H,1H3,(H,18,22)(H,20,21);2-5H,1H3,(H,14,15);2*1H. The van der Waals surface area contributed by atoms with E-state index in [1.165, 1.54) is 31.5 Å². The van der Waals surface area contributed by atoms with E-state index >= 15 is 0 Å².